The quantitative estimate of drug-likeness (QED) is 0.287. The summed E-state index contributed by atoms with van der Waals surface area (Å²) in [6.45, 7) is 2.55. The number of hydrogen-bond acceptors (Lipinski definition) is 8. The highest BCUT2D eigenvalue weighted by Crippen LogP contribution is 2.43. The first-order valence-corrected chi connectivity index (χ1v) is 18.1. The molecule has 2 aliphatic heterocycles. The maximum atomic E-state index is 14.6. The van der Waals surface area contributed by atoms with Crippen LogP contribution in [0.1, 0.15) is 82.3 Å². The van der Waals surface area contributed by atoms with E-state index >= 15 is 0 Å². The van der Waals surface area contributed by atoms with Crippen LogP contribution in [0.3, 0.4) is 0 Å². The average molecular weight is 682 g/mol. The Hall–Kier alpha value is -4.60. The highest BCUT2D eigenvalue weighted by molar-refractivity contribution is 5.92. The van der Waals surface area contributed by atoms with Gasteiger partial charge in [0.1, 0.15) is 36.6 Å². The molecule has 0 unspecified atom stereocenters. The van der Waals surface area contributed by atoms with Crippen LogP contribution in [0.5, 0.6) is 11.6 Å². The fourth-order valence-corrected chi connectivity index (χ4v) is 7.95. The molecule has 0 radical (unpaired) electrons. The summed E-state index contributed by atoms with van der Waals surface area (Å²) in [5.74, 6) is 0.497. The van der Waals surface area contributed by atoms with Gasteiger partial charge < -0.3 is 29.2 Å². The third kappa shape index (κ3) is 7.30. The van der Waals surface area contributed by atoms with Crippen molar-refractivity contribution in [1.29, 1.82) is 0 Å². The predicted octanol–water partition coefficient (Wildman–Crippen LogP) is 6.99. The molecule has 2 aromatic carbocycles. The lowest BCUT2D eigenvalue weighted by Crippen LogP contribution is -2.58. The van der Waals surface area contributed by atoms with Crippen molar-refractivity contribution in [3.05, 3.63) is 71.8 Å². The second kappa shape index (κ2) is 14.7. The van der Waals surface area contributed by atoms with Gasteiger partial charge in [0, 0.05) is 11.8 Å². The molecule has 10 heteroatoms. The summed E-state index contributed by atoms with van der Waals surface area (Å²) in [7, 11) is 1.33. The van der Waals surface area contributed by atoms with Gasteiger partial charge >= 0.3 is 12.1 Å². The Morgan fingerprint density at radius 2 is 1.78 bits per heavy atom. The lowest BCUT2D eigenvalue weighted by Gasteiger charge is -2.41. The average Bonchev–Trinajstić information content (AvgIpc) is 3.72. The van der Waals surface area contributed by atoms with Gasteiger partial charge in [0.15, 0.2) is 0 Å². The number of hydrogen-bond donors (Lipinski definition) is 1. The van der Waals surface area contributed by atoms with E-state index in [-0.39, 0.29) is 25.0 Å². The molecule has 264 valence electrons. The molecule has 10 nitrogen and oxygen atoms in total. The molecule has 2 bridgehead atoms. The fourth-order valence-electron chi connectivity index (χ4n) is 7.95. The van der Waals surface area contributed by atoms with Gasteiger partial charge in [-0.1, -0.05) is 74.7 Å². The van der Waals surface area contributed by atoms with E-state index in [1.165, 1.54) is 12.0 Å². The number of amides is 2. The maximum Gasteiger partial charge on any atom is 0.408 e. The molecule has 1 N–H and O–H groups in total. The van der Waals surface area contributed by atoms with Crippen molar-refractivity contribution in [3.8, 4) is 11.6 Å². The second-order valence-corrected chi connectivity index (χ2v) is 14.5. The van der Waals surface area contributed by atoms with Crippen molar-refractivity contribution in [3.63, 3.8) is 0 Å². The number of carbonyl (C=O) groups is 3. The third-order valence-corrected chi connectivity index (χ3v) is 10.9. The lowest BCUT2D eigenvalue weighted by atomic mass is 9.70. The number of nitrogens with one attached hydrogen (secondary N) is 1. The van der Waals surface area contributed by atoms with E-state index in [4.69, 9.17) is 23.9 Å². The smallest absolute Gasteiger partial charge is 0.408 e. The van der Waals surface area contributed by atoms with Crippen LogP contribution in [0.15, 0.2) is 60.7 Å². The van der Waals surface area contributed by atoms with Crippen molar-refractivity contribution < 1.29 is 33.3 Å². The van der Waals surface area contributed by atoms with Crippen LogP contribution in [0.25, 0.3) is 17.0 Å². The molecule has 4 aliphatic rings. The zero-order valence-electron chi connectivity index (χ0n) is 29.0. The van der Waals surface area contributed by atoms with Crippen molar-refractivity contribution in [1.82, 2.24) is 15.2 Å². The minimum Gasteiger partial charge on any atom is -0.487 e. The van der Waals surface area contributed by atoms with Crippen molar-refractivity contribution in [2.75, 3.05) is 13.7 Å². The standard InChI is InChI=1S/C40H47N3O7/c1-40(20-12-5-13-21-40)35-37(44)43-24-28(23-32(43)38(45)47-2)49-36-30(18-9-4-8-16-27-22-33(27)50-39(46)42-35)34(29-17-10-11-19-31(29)41-36)48-25-26-14-6-3-7-15-26/h3,6-7,9-11,14-15,17-19,27-28,32-33,35H,4-5,8,12-13,16,20-25H2,1-2H3,(H,42,46)/b18-9+/t27-,28-,32+,33-,35-/m1/s1. The van der Waals surface area contributed by atoms with E-state index in [2.05, 4.69) is 18.3 Å². The molecule has 2 saturated carbocycles. The number of methoxy groups -OCH3 is 1. The molecule has 50 heavy (non-hydrogen) atoms. The minimum absolute atomic E-state index is 0.129. The Kier molecular flexibility index (Phi) is 9.97. The van der Waals surface area contributed by atoms with E-state index in [9.17, 15) is 14.4 Å². The first-order valence-electron chi connectivity index (χ1n) is 18.1. The van der Waals surface area contributed by atoms with Crippen molar-refractivity contribution in [2.24, 2.45) is 11.3 Å². The highest BCUT2D eigenvalue weighted by atomic mass is 16.6. The largest absolute Gasteiger partial charge is 0.487 e. The molecule has 5 atom stereocenters. The van der Waals surface area contributed by atoms with Gasteiger partial charge in [-0.05, 0) is 73.6 Å². The predicted molar refractivity (Wildman–Crippen MR) is 188 cm³/mol. The molecule has 1 saturated heterocycles. The highest BCUT2D eigenvalue weighted by Gasteiger charge is 2.50. The normalized spacial score (nSPS) is 27.3. The van der Waals surface area contributed by atoms with Crippen LogP contribution in [-0.2, 0) is 25.7 Å². The number of alkyl carbamates (subject to hydrolysis) is 1. The SMILES string of the molecule is COC(=O)[C@@H]1C[C@@H]2CN1C(=O)[C@H](C1(C)CCCCC1)NC(=O)O[C@@H]1C[C@H]1CCC/C=C/c1c(nc3ccccc3c1OCc1ccccc1)O2. The summed E-state index contributed by atoms with van der Waals surface area (Å²) in [5.41, 5.74) is 1.98. The number of pyridine rings is 1. The Morgan fingerprint density at radius 1 is 1.00 bits per heavy atom. The van der Waals surface area contributed by atoms with Crippen molar-refractivity contribution >= 4 is 34.9 Å². The summed E-state index contributed by atoms with van der Waals surface area (Å²) in [4.78, 5) is 47.7. The van der Waals surface area contributed by atoms with E-state index in [1.54, 1.807) is 0 Å². The lowest BCUT2D eigenvalue weighted by molar-refractivity contribution is -0.153. The van der Waals surface area contributed by atoms with Gasteiger partial charge in [-0.2, -0.15) is 0 Å². The van der Waals surface area contributed by atoms with Crippen LogP contribution < -0.4 is 14.8 Å². The second-order valence-electron chi connectivity index (χ2n) is 14.5. The zero-order chi connectivity index (χ0) is 34.7. The first kappa shape index (κ1) is 33.9. The molecule has 3 aromatic rings. The monoisotopic (exact) mass is 681 g/mol. The number of allylic oxidation sites excluding steroid dienone is 1. The van der Waals surface area contributed by atoms with E-state index in [0.717, 1.165) is 68.7 Å². The molecule has 2 aliphatic carbocycles. The summed E-state index contributed by atoms with van der Waals surface area (Å²) in [6.07, 6.45) is 11.1. The van der Waals surface area contributed by atoms with Gasteiger partial charge in [-0.15, -0.1) is 0 Å². The van der Waals surface area contributed by atoms with E-state index < -0.39 is 35.7 Å². The number of rotatable bonds is 5. The molecule has 7 rings (SSSR count). The topological polar surface area (TPSA) is 116 Å². The number of carbonyl (C=O) groups excluding carboxylic acids is 3. The van der Waals surface area contributed by atoms with Crippen LogP contribution in [0.2, 0.25) is 0 Å². The number of ether oxygens (including phenoxy) is 4. The molecule has 0 spiro atoms. The summed E-state index contributed by atoms with van der Waals surface area (Å²) in [5, 5.41) is 3.85. The Balaban J connectivity index is 1.27. The Labute approximate surface area is 293 Å². The van der Waals surface area contributed by atoms with Gasteiger partial charge in [0.05, 0.1) is 24.7 Å². The van der Waals surface area contributed by atoms with Crippen molar-refractivity contribution in [2.45, 2.75) is 102 Å². The molecule has 3 fully saturated rings. The van der Waals surface area contributed by atoms with Gasteiger partial charge in [0.25, 0.3) is 0 Å². The van der Waals surface area contributed by atoms with Crippen LogP contribution in [0, 0.1) is 11.3 Å². The summed E-state index contributed by atoms with van der Waals surface area (Å²) < 4.78 is 24.3. The minimum atomic E-state index is -0.881. The summed E-state index contributed by atoms with van der Waals surface area (Å²) in [6, 6.07) is 16.1. The number of aromatic nitrogens is 1. The number of fused-ring (bicyclic) bond motifs is 5. The Bertz CT molecular complexity index is 1740. The third-order valence-electron chi connectivity index (χ3n) is 10.9. The maximum absolute atomic E-state index is 14.6. The van der Waals surface area contributed by atoms with Crippen LogP contribution >= 0.6 is 0 Å². The van der Waals surface area contributed by atoms with Crippen LogP contribution in [0.4, 0.5) is 4.79 Å². The van der Waals surface area contributed by atoms with Gasteiger partial charge in [0.2, 0.25) is 11.8 Å². The fraction of sp³-hybridized carbons (Fsp3) is 0.500. The molecule has 2 amide bonds. The van der Waals surface area contributed by atoms with E-state index in [1.807, 2.05) is 60.7 Å². The number of para-hydroxylation sites is 1. The van der Waals surface area contributed by atoms with E-state index in [0.29, 0.717) is 35.2 Å². The van der Waals surface area contributed by atoms with Crippen LogP contribution in [-0.4, -0.2) is 65.8 Å². The zero-order valence-corrected chi connectivity index (χ0v) is 29.0. The molecular formula is C40H47N3O7. The molecular weight excluding hydrogens is 634 g/mol. The molecule has 3 heterocycles. The summed E-state index contributed by atoms with van der Waals surface area (Å²) >= 11 is 0. The first-order chi connectivity index (χ1) is 24.3. The Morgan fingerprint density at radius 3 is 2.58 bits per heavy atom. The number of nitrogens with zero attached hydrogens (tertiary/aromatic N) is 2. The number of benzene rings is 2. The molecule has 1 aromatic heterocycles. The number of esters is 1. The van der Waals surface area contributed by atoms with Gasteiger partial charge in [-0.25, -0.2) is 14.6 Å². The van der Waals surface area contributed by atoms with Gasteiger partial charge in [-0.3, -0.25) is 4.79 Å².